The Bertz CT molecular complexity index is 813. The average molecular weight is 279 g/mol. The number of rotatable bonds is 2. The molecule has 0 atom stereocenters. The molecule has 0 aliphatic heterocycles. The molecule has 4 heteroatoms. The summed E-state index contributed by atoms with van der Waals surface area (Å²) in [7, 11) is 0. The van der Waals surface area contributed by atoms with Crippen molar-refractivity contribution in [3.63, 3.8) is 0 Å². The fourth-order valence-electron chi connectivity index (χ4n) is 2.22. The molecule has 0 radical (unpaired) electrons. The molecule has 0 unspecified atom stereocenters. The second-order valence-corrected chi connectivity index (χ2v) is 4.73. The van der Waals surface area contributed by atoms with E-state index in [1.165, 1.54) is 0 Å². The van der Waals surface area contributed by atoms with E-state index in [1.807, 2.05) is 25.1 Å². The van der Waals surface area contributed by atoms with Crippen LogP contribution in [0.25, 0.3) is 10.9 Å². The van der Waals surface area contributed by atoms with E-state index < -0.39 is 5.97 Å². The Morgan fingerprint density at radius 1 is 1.05 bits per heavy atom. The summed E-state index contributed by atoms with van der Waals surface area (Å²) in [6.07, 6.45) is 0. The Morgan fingerprint density at radius 2 is 1.71 bits per heavy atom. The number of carbonyl (C=O) groups excluding carboxylic acids is 1. The van der Waals surface area contributed by atoms with E-state index in [2.05, 4.69) is 0 Å². The number of benzene rings is 2. The summed E-state index contributed by atoms with van der Waals surface area (Å²) in [5, 5.41) is 13.1. The van der Waals surface area contributed by atoms with Crippen molar-refractivity contribution < 1.29 is 14.3 Å². The lowest BCUT2D eigenvalue weighted by Crippen LogP contribution is -2.31. The number of aromatic nitrogens is 1. The van der Waals surface area contributed by atoms with Crippen molar-refractivity contribution >= 4 is 16.9 Å². The van der Waals surface area contributed by atoms with Gasteiger partial charge in [0.1, 0.15) is 0 Å². The van der Waals surface area contributed by atoms with E-state index in [9.17, 15) is 10.0 Å². The van der Waals surface area contributed by atoms with Gasteiger partial charge in [-0.15, -0.1) is 4.73 Å². The summed E-state index contributed by atoms with van der Waals surface area (Å²) >= 11 is 0. The van der Waals surface area contributed by atoms with E-state index in [0.29, 0.717) is 15.8 Å². The molecule has 1 aromatic heterocycles. The van der Waals surface area contributed by atoms with Crippen LogP contribution in [0, 0.1) is 12.1 Å². The Hall–Kier alpha value is -2.88. The second-order valence-electron chi connectivity index (χ2n) is 4.73. The van der Waals surface area contributed by atoms with Crippen molar-refractivity contribution in [3.8, 4) is 5.88 Å². The summed E-state index contributed by atoms with van der Waals surface area (Å²) < 4.78 is 5.87. The van der Waals surface area contributed by atoms with E-state index in [4.69, 9.17) is 4.74 Å². The zero-order chi connectivity index (χ0) is 14.8. The zero-order valence-corrected chi connectivity index (χ0v) is 11.4. The van der Waals surface area contributed by atoms with Gasteiger partial charge in [-0.25, -0.2) is 4.79 Å². The second kappa shape index (κ2) is 5.25. The van der Waals surface area contributed by atoms with Crippen molar-refractivity contribution in [3.05, 3.63) is 77.0 Å². The van der Waals surface area contributed by atoms with Gasteiger partial charge in [0.05, 0.1) is 17.0 Å². The summed E-state index contributed by atoms with van der Waals surface area (Å²) in [4.78, 5) is 12.0. The number of hydrogen-bond donors (Lipinski definition) is 0. The van der Waals surface area contributed by atoms with Crippen molar-refractivity contribution in [2.45, 2.75) is 6.92 Å². The summed E-state index contributed by atoms with van der Waals surface area (Å²) in [6, 6.07) is 17.4. The standard InChI is InChI=1S/C17H13NO3/c1-12-11-16(18(20)15-10-6-5-9-14(12)15)21-17(19)13-7-3-2-4-8-13/h2-11H,1H3. The molecule has 21 heavy (non-hydrogen) atoms. The molecule has 1 heterocycles. The fourth-order valence-corrected chi connectivity index (χ4v) is 2.22. The molecule has 0 N–H and O–H groups in total. The fraction of sp³-hybridized carbons (Fsp3) is 0.0588. The smallest absolute Gasteiger partial charge is 0.388 e. The highest BCUT2D eigenvalue weighted by molar-refractivity contribution is 5.91. The summed E-state index contributed by atoms with van der Waals surface area (Å²) in [6.45, 7) is 1.88. The van der Waals surface area contributed by atoms with Gasteiger partial charge in [0.25, 0.3) is 0 Å². The number of fused-ring (bicyclic) bond motifs is 1. The third-order valence-electron chi connectivity index (χ3n) is 3.29. The molecule has 0 fully saturated rings. The predicted octanol–water partition coefficient (Wildman–Crippen LogP) is 3.00. The molecule has 0 saturated heterocycles. The van der Waals surface area contributed by atoms with Crippen LogP contribution in [0.4, 0.5) is 0 Å². The first kappa shape index (κ1) is 13.1. The molecule has 4 nitrogen and oxygen atoms in total. The van der Waals surface area contributed by atoms with Crippen LogP contribution in [-0.4, -0.2) is 5.97 Å². The molecular weight excluding hydrogens is 266 g/mol. The topological polar surface area (TPSA) is 53.2 Å². The Balaban J connectivity index is 2.02. The minimum Gasteiger partial charge on any atom is -0.616 e. The molecule has 0 spiro atoms. The Labute approximate surface area is 121 Å². The van der Waals surface area contributed by atoms with Crippen LogP contribution in [0.15, 0.2) is 60.7 Å². The lowest BCUT2D eigenvalue weighted by molar-refractivity contribution is -0.582. The van der Waals surface area contributed by atoms with Gasteiger partial charge in [0.2, 0.25) is 5.52 Å². The molecule has 104 valence electrons. The highest BCUT2D eigenvalue weighted by Gasteiger charge is 2.18. The van der Waals surface area contributed by atoms with Gasteiger partial charge >= 0.3 is 11.8 Å². The quantitative estimate of drug-likeness (QED) is 0.411. The number of pyridine rings is 1. The zero-order valence-electron chi connectivity index (χ0n) is 11.4. The van der Waals surface area contributed by atoms with Crippen LogP contribution in [0.3, 0.4) is 0 Å². The molecule has 2 aromatic carbocycles. The van der Waals surface area contributed by atoms with Gasteiger partial charge in [0, 0.05) is 6.07 Å². The number of hydrogen-bond acceptors (Lipinski definition) is 3. The molecule has 3 aromatic rings. The lowest BCUT2D eigenvalue weighted by atomic mass is 10.1. The van der Waals surface area contributed by atoms with Crippen LogP contribution >= 0.6 is 0 Å². The van der Waals surface area contributed by atoms with E-state index in [1.54, 1.807) is 42.5 Å². The van der Waals surface area contributed by atoms with Crippen molar-refractivity contribution in [2.24, 2.45) is 0 Å². The molecule has 0 bridgehead atoms. The van der Waals surface area contributed by atoms with Crippen LogP contribution in [0.5, 0.6) is 5.88 Å². The Kier molecular flexibility index (Phi) is 3.28. The van der Waals surface area contributed by atoms with Gasteiger partial charge in [0.15, 0.2) is 0 Å². The first-order valence-corrected chi connectivity index (χ1v) is 6.56. The first-order valence-electron chi connectivity index (χ1n) is 6.56. The number of esters is 1. The molecule has 0 aliphatic carbocycles. The maximum absolute atomic E-state index is 12.3. The minimum absolute atomic E-state index is 0.0138. The normalized spacial score (nSPS) is 10.5. The van der Waals surface area contributed by atoms with Gasteiger partial charge in [-0.3, -0.25) is 0 Å². The van der Waals surface area contributed by atoms with Gasteiger partial charge in [-0.1, -0.05) is 30.3 Å². The number of aryl methyl sites for hydroxylation is 1. The predicted molar refractivity (Wildman–Crippen MR) is 79.0 cm³/mol. The summed E-state index contributed by atoms with van der Waals surface area (Å²) in [5.74, 6) is -0.560. The number of para-hydroxylation sites is 1. The first-order chi connectivity index (χ1) is 10.2. The monoisotopic (exact) mass is 279 g/mol. The van der Waals surface area contributed by atoms with Crippen molar-refractivity contribution in [1.29, 1.82) is 0 Å². The Morgan fingerprint density at radius 3 is 2.48 bits per heavy atom. The molecular formula is C17H13NO3. The van der Waals surface area contributed by atoms with Gasteiger partial charge in [-0.05, 0) is 30.7 Å². The molecule has 0 aliphatic rings. The van der Waals surface area contributed by atoms with Crippen LogP contribution < -0.4 is 9.47 Å². The average Bonchev–Trinajstić information content (AvgIpc) is 2.53. The van der Waals surface area contributed by atoms with Crippen LogP contribution in [0.1, 0.15) is 15.9 Å². The molecule has 0 saturated carbocycles. The SMILES string of the molecule is Cc1cc(OC(=O)c2ccccc2)[n+]([O-])c2ccccc12. The van der Waals surface area contributed by atoms with E-state index >= 15 is 0 Å². The third-order valence-corrected chi connectivity index (χ3v) is 3.29. The van der Waals surface area contributed by atoms with Crippen LogP contribution in [-0.2, 0) is 0 Å². The number of ether oxygens (including phenoxy) is 1. The van der Waals surface area contributed by atoms with E-state index in [0.717, 1.165) is 10.9 Å². The maximum atomic E-state index is 12.3. The number of nitrogens with zero attached hydrogens (tertiary/aromatic N) is 1. The third kappa shape index (κ3) is 2.43. The van der Waals surface area contributed by atoms with Crippen LogP contribution in [0.2, 0.25) is 0 Å². The van der Waals surface area contributed by atoms with E-state index in [-0.39, 0.29) is 5.88 Å². The molecule has 0 amide bonds. The minimum atomic E-state index is -0.546. The largest absolute Gasteiger partial charge is 0.616 e. The lowest BCUT2D eigenvalue weighted by Gasteiger charge is -2.09. The maximum Gasteiger partial charge on any atom is 0.388 e. The van der Waals surface area contributed by atoms with Crippen molar-refractivity contribution in [2.75, 3.05) is 0 Å². The van der Waals surface area contributed by atoms with Gasteiger partial charge in [-0.2, -0.15) is 0 Å². The highest BCUT2D eigenvalue weighted by Crippen LogP contribution is 2.20. The van der Waals surface area contributed by atoms with Gasteiger partial charge < -0.3 is 9.94 Å². The molecule has 3 rings (SSSR count). The number of carbonyl (C=O) groups is 1. The highest BCUT2D eigenvalue weighted by atomic mass is 16.6. The summed E-state index contributed by atoms with van der Waals surface area (Å²) in [5.41, 5.74) is 1.77. The van der Waals surface area contributed by atoms with Crippen molar-refractivity contribution in [1.82, 2.24) is 0 Å².